The lowest BCUT2D eigenvalue weighted by molar-refractivity contribution is 0.393. The summed E-state index contributed by atoms with van der Waals surface area (Å²) in [4.78, 5) is 7.55. The van der Waals surface area contributed by atoms with E-state index in [1.807, 2.05) is 13.8 Å². The Labute approximate surface area is 125 Å². The number of aromatic nitrogens is 2. The van der Waals surface area contributed by atoms with E-state index < -0.39 is 0 Å². The van der Waals surface area contributed by atoms with E-state index in [-0.39, 0.29) is 0 Å². The van der Waals surface area contributed by atoms with E-state index in [1.165, 1.54) is 18.4 Å². The average Bonchev–Trinajstić information content (AvgIpc) is 3.09. The Kier molecular flexibility index (Phi) is 3.53. The summed E-state index contributed by atoms with van der Waals surface area (Å²) in [6, 6.07) is 0. The van der Waals surface area contributed by atoms with Crippen LogP contribution in [-0.2, 0) is 6.42 Å². The molecular weight excluding hydrogens is 262 g/mol. The van der Waals surface area contributed by atoms with Crippen LogP contribution in [0.1, 0.15) is 48.0 Å². The zero-order valence-electron chi connectivity index (χ0n) is 12.9. The van der Waals surface area contributed by atoms with Gasteiger partial charge >= 0.3 is 0 Å². The number of aliphatic imine (C=N–C) groups is 1. The highest BCUT2D eigenvalue weighted by atomic mass is 16.5. The predicted molar refractivity (Wildman–Crippen MR) is 86.0 cm³/mol. The molecule has 3 rings (SSSR count). The highest BCUT2D eigenvalue weighted by molar-refractivity contribution is 5.84. The van der Waals surface area contributed by atoms with Gasteiger partial charge in [-0.3, -0.25) is 4.99 Å². The third-order valence-corrected chi connectivity index (χ3v) is 4.11. The first-order chi connectivity index (χ1) is 10.1. The molecule has 0 saturated heterocycles. The molecule has 110 valence electrons. The van der Waals surface area contributed by atoms with Crippen LogP contribution in [0, 0.1) is 19.8 Å². The first kappa shape index (κ1) is 13.9. The summed E-state index contributed by atoms with van der Waals surface area (Å²) in [6.45, 7) is 9.70. The van der Waals surface area contributed by atoms with Crippen LogP contribution < -0.4 is 0 Å². The molecule has 2 aromatic heterocycles. The third-order valence-electron chi connectivity index (χ3n) is 4.11. The fraction of sp³-hybridized carbons (Fsp3) is 0.412. The predicted octanol–water partition coefficient (Wildman–Crippen LogP) is 4.46. The minimum atomic E-state index is 0.835. The number of hydrogen-bond acceptors (Lipinski definition) is 3. The molecule has 0 spiro atoms. The van der Waals surface area contributed by atoms with Gasteiger partial charge in [0, 0.05) is 11.8 Å². The van der Waals surface area contributed by atoms with Crippen molar-refractivity contribution in [1.29, 1.82) is 0 Å². The Bertz CT molecular complexity index is 682. The van der Waals surface area contributed by atoms with Gasteiger partial charge in [0.2, 0.25) is 0 Å². The highest BCUT2D eigenvalue weighted by Crippen LogP contribution is 2.37. The lowest BCUT2D eigenvalue weighted by atomic mass is 10.0. The fourth-order valence-corrected chi connectivity index (χ4v) is 2.89. The van der Waals surface area contributed by atoms with Crippen molar-refractivity contribution in [3.63, 3.8) is 0 Å². The number of nitrogens with one attached hydrogen (secondary N) is 1. The van der Waals surface area contributed by atoms with E-state index >= 15 is 0 Å². The molecule has 2 aromatic rings. The number of rotatable bonds is 5. The molecule has 21 heavy (non-hydrogen) atoms. The largest absolute Gasteiger partial charge is 0.361 e. The van der Waals surface area contributed by atoms with Crippen molar-refractivity contribution in [2.45, 2.75) is 40.0 Å². The molecule has 0 unspecified atom stereocenters. The maximum absolute atomic E-state index is 5.24. The molecule has 4 heteroatoms. The molecule has 1 aliphatic rings. The van der Waals surface area contributed by atoms with Crippen LogP contribution in [0.3, 0.4) is 0 Å². The van der Waals surface area contributed by atoms with Crippen molar-refractivity contribution in [1.82, 2.24) is 10.1 Å². The smallest absolute Gasteiger partial charge is 0.141 e. The Morgan fingerprint density at radius 1 is 1.52 bits per heavy atom. The summed E-state index contributed by atoms with van der Waals surface area (Å²) in [5, 5.41) is 4.01. The summed E-state index contributed by atoms with van der Waals surface area (Å²) < 4.78 is 5.24. The van der Waals surface area contributed by atoms with Gasteiger partial charge in [-0.15, -0.1) is 0 Å². The number of allylic oxidation sites excluding steroid dienone is 1. The quantitative estimate of drug-likeness (QED) is 0.823. The molecule has 1 N–H and O–H groups in total. The minimum Gasteiger partial charge on any atom is -0.361 e. The number of aromatic amines is 1. The maximum atomic E-state index is 5.24. The van der Waals surface area contributed by atoms with E-state index in [1.54, 1.807) is 0 Å². The van der Waals surface area contributed by atoms with E-state index in [4.69, 9.17) is 4.52 Å². The molecule has 0 aromatic carbocycles. The zero-order valence-corrected chi connectivity index (χ0v) is 12.9. The van der Waals surface area contributed by atoms with Crippen molar-refractivity contribution in [3.05, 3.63) is 34.5 Å². The van der Waals surface area contributed by atoms with Crippen LogP contribution in [0.5, 0.6) is 0 Å². The van der Waals surface area contributed by atoms with Crippen molar-refractivity contribution in [3.8, 4) is 0 Å². The summed E-state index contributed by atoms with van der Waals surface area (Å²) in [5.41, 5.74) is 6.37. The fourth-order valence-electron chi connectivity index (χ4n) is 2.89. The Morgan fingerprint density at radius 2 is 2.29 bits per heavy atom. The van der Waals surface area contributed by atoms with Crippen molar-refractivity contribution >= 4 is 24.1 Å². The monoisotopic (exact) mass is 283 g/mol. The van der Waals surface area contributed by atoms with E-state index in [9.17, 15) is 0 Å². The first-order valence-corrected chi connectivity index (χ1v) is 7.38. The Balaban J connectivity index is 1.94. The van der Waals surface area contributed by atoms with Gasteiger partial charge in [-0.25, -0.2) is 0 Å². The average molecular weight is 283 g/mol. The third kappa shape index (κ3) is 2.71. The first-order valence-electron chi connectivity index (χ1n) is 7.38. The summed E-state index contributed by atoms with van der Waals surface area (Å²) in [6.07, 6.45) is 7.95. The number of nitrogens with zero attached hydrogens (tertiary/aromatic N) is 2. The zero-order chi connectivity index (χ0) is 15.0. The molecule has 0 radical (unpaired) electrons. The topological polar surface area (TPSA) is 54.2 Å². The molecule has 0 atom stereocenters. The normalized spacial score (nSPS) is 15.5. The lowest BCUT2D eigenvalue weighted by Gasteiger charge is -2.02. The molecule has 2 heterocycles. The van der Waals surface area contributed by atoms with Gasteiger partial charge in [0.15, 0.2) is 0 Å². The molecule has 4 nitrogen and oxygen atoms in total. The lowest BCUT2D eigenvalue weighted by Crippen LogP contribution is -1.86. The van der Waals surface area contributed by atoms with Gasteiger partial charge in [0.1, 0.15) is 5.76 Å². The molecule has 1 saturated carbocycles. The second-order valence-electron chi connectivity index (χ2n) is 5.91. The summed E-state index contributed by atoms with van der Waals surface area (Å²) in [5.74, 6) is 1.68. The van der Waals surface area contributed by atoms with E-state index in [2.05, 4.69) is 41.0 Å². The van der Waals surface area contributed by atoms with Gasteiger partial charge < -0.3 is 9.51 Å². The van der Waals surface area contributed by atoms with Crippen LogP contribution >= 0.6 is 0 Å². The van der Waals surface area contributed by atoms with Gasteiger partial charge in [-0.1, -0.05) is 5.16 Å². The second-order valence-corrected chi connectivity index (χ2v) is 5.91. The molecule has 0 amide bonds. The van der Waals surface area contributed by atoms with Crippen molar-refractivity contribution in [2.75, 3.05) is 0 Å². The SMILES string of the molecule is C=Nc1c(CC2CC2)c[nH]c1/C=C(\C)c1c(C)noc1C. The Morgan fingerprint density at radius 3 is 2.86 bits per heavy atom. The van der Waals surface area contributed by atoms with Gasteiger partial charge in [0.25, 0.3) is 0 Å². The van der Waals surface area contributed by atoms with Crippen molar-refractivity contribution < 1.29 is 4.52 Å². The standard InChI is InChI=1S/C17H21N3O/c1-10(16-11(2)20-21-12(16)3)7-15-17(18-4)14(9-19-15)8-13-5-6-13/h7,9,13,19H,4-6,8H2,1-3H3/b10-7+. The van der Waals surface area contributed by atoms with E-state index in [0.717, 1.165) is 46.3 Å². The van der Waals surface area contributed by atoms with Crippen LogP contribution in [0.25, 0.3) is 11.6 Å². The van der Waals surface area contributed by atoms with Crippen LogP contribution in [0.4, 0.5) is 5.69 Å². The second kappa shape index (κ2) is 5.35. The number of hydrogen-bond donors (Lipinski definition) is 1. The molecular formula is C17H21N3O. The van der Waals surface area contributed by atoms with Gasteiger partial charge in [-0.05, 0) is 69.9 Å². The minimum absolute atomic E-state index is 0.835. The molecule has 0 aliphatic heterocycles. The van der Waals surface area contributed by atoms with Gasteiger partial charge in [-0.2, -0.15) is 0 Å². The van der Waals surface area contributed by atoms with Crippen LogP contribution in [0.15, 0.2) is 15.7 Å². The molecule has 1 aliphatic carbocycles. The van der Waals surface area contributed by atoms with Crippen molar-refractivity contribution in [2.24, 2.45) is 10.9 Å². The maximum Gasteiger partial charge on any atom is 0.141 e. The van der Waals surface area contributed by atoms with Crippen LogP contribution in [-0.4, -0.2) is 16.9 Å². The summed E-state index contributed by atoms with van der Waals surface area (Å²) in [7, 11) is 0. The molecule has 1 fully saturated rings. The number of H-pyrrole nitrogens is 1. The van der Waals surface area contributed by atoms with Gasteiger partial charge in [0.05, 0.1) is 17.1 Å². The highest BCUT2D eigenvalue weighted by Gasteiger charge is 2.24. The summed E-state index contributed by atoms with van der Waals surface area (Å²) >= 11 is 0. The molecule has 0 bridgehead atoms. The van der Waals surface area contributed by atoms with Crippen LogP contribution in [0.2, 0.25) is 0 Å². The number of aryl methyl sites for hydroxylation is 2. The Hall–Kier alpha value is -2.10. The van der Waals surface area contributed by atoms with E-state index in [0.29, 0.717) is 0 Å².